The molecule has 0 radical (unpaired) electrons. The van der Waals surface area contributed by atoms with Crippen molar-refractivity contribution in [2.75, 3.05) is 13.6 Å². The predicted octanol–water partition coefficient (Wildman–Crippen LogP) is 3.38. The lowest BCUT2D eigenvalue weighted by Crippen LogP contribution is -2.37. The first-order chi connectivity index (χ1) is 8.47. The number of benzene rings is 1. The molecule has 18 heavy (non-hydrogen) atoms. The first kappa shape index (κ1) is 13.5. The Labute approximate surface area is 115 Å². The van der Waals surface area contributed by atoms with Crippen molar-refractivity contribution in [2.45, 2.75) is 24.6 Å². The van der Waals surface area contributed by atoms with Crippen LogP contribution in [0.2, 0.25) is 0 Å². The van der Waals surface area contributed by atoms with Gasteiger partial charge in [0.2, 0.25) is 0 Å². The number of nitrogens with zero attached hydrogens (tertiary/aromatic N) is 1. The number of alkyl halides is 1. The second kappa shape index (κ2) is 5.39. The summed E-state index contributed by atoms with van der Waals surface area (Å²) >= 11 is 3.54. The maximum absolute atomic E-state index is 13.4. The second-order valence-electron chi connectivity index (χ2n) is 5.08. The molecule has 0 spiro atoms. The minimum absolute atomic E-state index is 0.105. The van der Waals surface area contributed by atoms with E-state index in [0.29, 0.717) is 21.9 Å². The van der Waals surface area contributed by atoms with Crippen LogP contribution in [-0.2, 0) is 0 Å². The lowest BCUT2D eigenvalue weighted by atomic mass is 9.85. The van der Waals surface area contributed by atoms with Crippen LogP contribution in [0.1, 0.15) is 28.8 Å². The summed E-state index contributed by atoms with van der Waals surface area (Å²) < 4.78 is 13.4. The maximum atomic E-state index is 13.4. The minimum Gasteiger partial charge on any atom is -0.341 e. The molecule has 0 atom stereocenters. The van der Waals surface area contributed by atoms with Gasteiger partial charge in [0.15, 0.2) is 0 Å². The molecule has 0 bridgehead atoms. The average molecular weight is 314 g/mol. The van der Waals surface area contributed by atoms with Crippen LogP contribution in [0.4, 0.5) is 4.39 Å². The van der Waals surface area contributed by atoms with Crippen LogP contribution in [-0.4, -0.2) is 29.2 Å². The molecule has 2 nitrogen and oxygen atoms in total. The topological polar surface area (TPSA) is 20.3 Å². The van der Waals surface area contributed by atoms with Crippen molar-refractivity contribution in [3.8, 4) is 0 Å². The van der Waals surface area contributed by atoms with E-state index in [-0.39, 0.29) is 11.7 Å². The summed E-state index contributed by atoms with van der Waals surface area (Å²) in [4.78, 5) is 14.4. The molecule has 0 aromatic heterocycles. The quantitative estimate of drug-likeness (QED) is 0.783. The van der Waals surface area contributed by atoms with E-state index in [2.05, 4.69) is 15.9 Å². The Morgan fingerprint density at radius 2 is 2.17 bits per heavy atom. The van der Waals surface area contributed by atoms with E-state index < -0.39 is 0 Å². The van der Waals surface area contributed by atoms with Gasteiger partial charge in [0.1, 0.15) is 5.82 Å². The lowest BCUT2D eigenvalue weighted by molar-refractivity contribution is 0.0748. The Hall–Kier alpha value is -0.900. The van der Waals surface area contributed by atoms with Crippen molar-refractivity contribution in [1.29, 1.82) is 0 Å². The largest absolute Gasteiger partial charge is 0.341 e. The van der Waals surface area contributed by atoms with Gasteiger partial charge in [-0.1, -0.05) is 22.0 Å². The van der Waals surface area contributed by atoms with Gasteiger partial charge < -0.3 is 4.90 Å². The number of hydrogen-bond donors (Lipinski definition) is 0. The molecule has 4 heteroatoms. The highest BCUT2D eigenvalue weighted by Crippen LogP contribution is 2.33. The Kier molecular flexibility index (Phi) is 4.05. The molecule has 1 fully saturated rings. The lowest BCUT2D eigenvalue weighted by Gasteiger charge is -2.34. The number of carbonyl (C=O) groups is 1. The van der Waals surface area contributed by atoms with Crippen molar-refractivity contribution in [3.05, 3.63) is 35.1 Å². The summed E-state index contributed by atoms with van der Waals surface area (Å²) in [5.74, 6) is 0.143. The highest BCUT2D eigenvalue weighted by atomic mass is 79.9. The van der Waals surface area contributed by atoms with E-state index in [1.807, 2.05) is 0 Å². The highest BCUT2D eigenvalue weighted by Gasteiger charge is 2.29. The fourth-order valence-electron chi connectivity index (χ4n) is 2.22. The predicted molar refractivity (Wildman–Crippen MR) is 73.5 cm³/mol. The average Bonchev–Trinajstić information content (AvgIpc) is 2.29. The standard InChI is InChI=1S/C14H17BrFNO/c1-9-3-4-11(7-13(9)16)14(18)17(2)8-10-5-12(15)6-10/h3-4,7,10,12H,5-6,8H2,1-2H3. The molecule has 98 valence electrons. The van der Waals surface area contributed by atoms with E-state index >= 15 is 0 Å². The highest BCUT2D eigenvalue weighted by molar-refractivity contribution is 9.09. The Bertz CT molecular complexity index is 457. The Morgan fingerprint density at radius 1 is 1.50 bits per heavy atom. The summed E-state index contributed by atoms with van der Waals surface area (Å²) in [6.45, 7) is 2.44. The summed E-state index contributed by atoms with van der Waals surface area (Å²) in [5, 5.41) is 0. The van der Waals surface area contributed by atoms with E-state index in [0.717, 1.165) is 19.4 Å². The third kappa shape index (κ3) is 2.91. The van der Waals surface area contributed by atoms with Crippen LogP contribution in [0.15, 0.2) is 18.2 Å². The van der Waals surface area contributed by atoms with Crippen LogP contribution in [0.25, 0.3) is 0 Å². The van der Waals surface area contributed by atoms with E-state index in [1.165, 1.54) is 6.07 Å². The molecule has 0 heterocycles. The molecule has 1 aliphatic carbocycles. The first-order valence-electron chi connectivity index (χ1n) is 6.13. The summed E-state index contributed by atoms with van der Waals surface area (Å²) in [7, 11) is 1.78. The number of halogens is 2. The van der Waals surface area contributed by atoms with Gasteiger partial charge in [-0.3, -0.25) is 4.79 Å². The molecule has 1 aromatic rings. The van der Waals surface area contributed by atoms with Gasteiger partial charge in [0, 0.05) is 24.0 Å². The number of hydrogen-bond acceptors (Lipinski definition) is 1. The van der Waals surface area contributed by atoms with Gasteiger partial charge in [-0.2, -0.15) is 0 Å². The van der Waals surface area contributed by atoms with Crippen molar-refractivity contribution in [1.82, 2.24) is 4.90 Å². The fourth-order valence-corrected chi connectivity index (χ4v) is 3.28. The molecule has 1 aliphatic rings. The summed E-state index contributed by atoms with van der Waals surface area (Å²) in [6.07, 6.45) is 2.22. The van der Waals surface area contributed by atoms with Crippen molar-refractivity contribution < 1.29 is 9.18 Å². The SMILES string of the molecule is Cc1ccc(C(=O)N(C)CC2CC(Br)C2)cc1F. The molecular weight excluding hydrogens is 297 g/mol. The number of rotatable bonds is 3. The molecular formula is C14H17BrFNO. The third-order valence-electron chi connectivity index (χ3n) is 3.48. The van der Waals surface area contributed by atoms with Gasteiger partial charge in [-0.25, -0.2) is 4.39 Å². The molecule has 1 saturated carbocycles. The molecule has 0 unspecified atom stereocenters. The van der Waals surface area contributed by atoms with E-state index in [4.69, 9.17) is 0 Å². The second-order valence-corrected chi connectivity index (χ2v) is 6.38. The Morgan fingerprint density at radius 3 is 2.72 bits per heavy atom. The van der Waals surface area contributed by atoms with Gasteiger partial charge in [0.05, 0.1) is 0 Å². The molecule has 1 aromatic carbocycles. The van der Waals surface area contributed by atoms with Crippen molar-refractivity contribution in [3.63, 3.8) is 0 Å². The maximum Gasteiger partial charge on any atom is 0.253 e. The normalized spacial score (nSPS) is 22.4. The fraction of sp³-hybridized carbons (Fsp3) is 0.500. The summed E-state index contributed by atoms with van der Waals surface area (Å²) in [6, 6.07) is 4.65. The molecule has 0 aliphatic heterocycles. The number of carbonyl (C=O) groups excluding carboxylic acids is 1. The first-order valence-corrected chi connectivity index (χ1v) is 7.04. The third-order valence-corrected chi connectivity index (χ3v) is 4.22. The van der Waals surface area contributed by atoms with Crippen molar-refractivity contribution >= 4 is 21.8 Å². The zero-order valence-corrected chi connectivity index (χ0v) is 12.2. The number of aryl methyl sites for hydroxylation is 1. The molecule has 2 rings (SSSR count). The smallest absolute Gasteiger partial charge is 0.253 e. The molecule has 1 amide bonds. The van der Waals surface area contributed by atoms with Gasteiger partial charge >= 0.3 is 0 Å². The van der Waals surface area contributed by atoms with Gasteiger partial charge in [-0.05, 0) is 43.4 Å². The minimum atomic E-state index is -0.321. The monoisotopic (exact) mass is 313 g/mol. The van der Waals surface area contributed by atoms with Crippen LogP contribution in [0.3, 0.4) is 0 Å². The van der Waals surface area contributed by atoms with Gasteiger partial charge in [-0.15, -0.1) is 0 Å². The van der Waals surface area contributed by atoms with E-state index in [1.54, 1.807) is 31.0 Å². The zero-order valence-electron chi connectivity index (χ0n) is 10.6. The molecule has 0 N–H and O–H groups in total. The van der Waals surface area contributed by atoms with Crippen molar-refractivity contribution in [2.24, 2.45) is 5.92 Å². The number of amides is 1. The molecule has 0 saturated heterocycles. The van der Waals surface area contributed by atoms with Gasteiger partial charge in [0.25, 0.3) is 5.91 Å². The van der Waals surface area contributed by atoms with Crippen LogP contribution in [0, 0.1) is 18.7 Å². The van der Waals surface area contributed by atoms with Crippen LogP contribution in [0.5, 0.6) is 0 Å². The van der Waals surface area contributed by atoms with E-state index in [9.17, 15) is 9.18 Å². The summed E-state index contributed by atoms with van der Waals surface area (Å²) in [5.41, 5.74) is 0.991. The van der Waals surface area contributed by atoms with Crippen LogP contribution >= 0.6 is 15.9 Å². The zero-order chi connectivity index (χ0) is 13.3. The Balaban J connectivity index is 1.99. The van der Waals surface area contributed by atoms with Crippen LogP contribution < -0.4 is 0 Å².